The third kappa shape index (κ3) is 4.20. The molecule has 2 atom stereocenters. The number of hydrogen-bond donors (Lipinski definition) is 1. The van der Waals surface area contributed by atoms with Crippen molar-refractivity contribution < 1.29 is 14.6 Å². The zero-order chi connectivity index (χ0) is 13.7. The number of para-hydroxylation sites is 1. The summed E-state index contributed by atoms with van der Waals surface area (Å²) in [5.41, 5.74) is 0.839. The summed E-state index contributed by atoms with van der Waals surface area (Å²) in [6, 6.07) is 7.61. The van der Waals surface area contributed by atoms with Crippen LogP contribution in [0.15, 0.2) is 24.3 Å². The Labute approximate surface area is 114 Å². The Bertz CT molecular complexity index is 387. The van der Waals surface area contributed by atoms with Crippen LogP contribution in [-0.4, -0.2) is 48.5 Å². The van der Waals surface area contributed by atoms with E-state index < -0.39 is 0 Å². The van der Waals surface area contributed by atoms with E-state index in [1.54, 1.807) is 0 Å². The highest BCUT2D eigenvalue weighted by molar-refractivity contribution is 5.32. The fourth-order valence-corrected chi connectivity index (χ4v) is 2.53. The lowest BCUT2D eigenvalue weighted by atomic mass is 10.2. The van der Waals surface area contributed by atoms with Crippen LogP contribution in [0.4, 0.5) is 0 Å². The molecule has 1 aromatic carbocycles. The second-order valence-electron chi connectivity index (χ2n) is 5.13. The number of ether oxygens (including phenoxy) is 2. The van der Waals surface area contributed by atoms with Crippen LogP contribution >= 0.6 is 0 Å². The van der Waals surface area contributed by atoms with Crippen molar-refractivity contribution in [1.29, 1.82) is 0 Å². The van der Waals surface area contributed by atoms with Crippen LogP contribution in [0.2, 0.25) is 0 Å². The molecular formula is C15H23NO3. The Morgan fingerprint density at radius 3 is 2.63 bits per heavy atom. The van der Waals surface area contributed by atoms with Crippen LogP contribution in [0.3, 0.4) is 0 Å². The summed E-state index contributed by atoms with van der Waals surface area (Å²) < 4.78 is 11.5. The largest absolute Gasteiger partial charge is 0.492 e. The number of nitrogens with zero attached hydrogens (tertiary/aromatic N) is 1. The minimum atomic E-state index is 0.0157. The zero-order valence-corrected chi connectivity index (χ0v) is 11.7. The van der Waals surface area contributed by atoms with Gasteiger partial charge in [-0.15, -0.1) is 0 Å². The van der Waals surface area contributed by atoms with E-state index in [1.807, 2.05) is 24.3 Å². The Balaban J connectivity index is 1.80. The van der Waals surface area contributed by atoms with Crippen LogP contribution in [0, 0.1) is 0 Å². The van der Waals surface area contributed by atoms with Crippen molar-refractivity contribution in [2.45, 2.75) is 32.7 Å². The first-order valence-electron chi connectivity index (χ1n) is 6.88. The van der Waals surface area contributed by atoms with Gasteiger partial charge in [0.25, 0.3) is 0 Å². The number of aliphatic hydroxyl groups excluding tert-OH is 1. The molecule has 1 saturated heterocycles. The number of aliphatic hydroxyl groups is 1. The minimum Gasteiger partial charge on any atom is -0.492 e. The van der Waals surface area contributed by atoms with Gasteiger partial charge in [-0.1, -0.05) is 18.2 Å². The molecule has 0 aromatic heterocycles. The zero-order valence-electron chi connectivity index (χ0n) is 11.7. The second-order valence-corrected chi connectivity index (χ2v) is 5.13. The maximum Gasteiger partial charge on any atom is 0.124 e. The molecule has 0 amide bonds. The van der Waals surface area contributed by atoms with E-state index in [1.165, 1.54) is 0 Å². The first-order valence-corrected chi connectivity index (χ1v) is 6.88. The summed E-state index contributed by atoms with van der Waals surface area (Å²) in [5, 5.41) is 9.23. The molecule has 0 bridgehead atoms. The molecule has 2 rings (SSSR count). The van der Waals surface area contributed by atoms with E-state index in [9.17, 15) is 5.11 Å². The van der Waals surface area contributed by atoms with Gasteiger partial charge in [0.15, 0.2) is 0 Å². The molecule has 2 unspecified atom stereocenters. The third-order valence-electron chi connectivity index (χ3n) is 3.30. The van der Waals surface area contributed by atoms with Gasteiger partial charge in [0, 0.05) is 25.2 Å². The fourth-order valence-electron chi connectivity index (χ4n) is 2.53. The van der Waals surface area contributed by atoms with Crippen molar-refractivity contribution in [2.24, 2.45) is 0 Å². The predicted molar refractivity (Wildman–Crippen MR) is 74.3 cm³/mol. The Kier molecular flexibility index (Phi) is 5.19. The normalized spacial score (nSPS) is 24.4. The van der Waals surface area contributed by atoms with E-state index in [0.717, 1.165) is 30.9 Å². The maximum atomic E-state index is 9.23. The molecule has 4 nitrogen and oxygen atoms in total. The summed E-state index contributed by atoms with van der Waals surface area (Å²) in [4.78, 5) is 2.36. The molecular weight excluding hydrogens is 242 g/mol. The standard InChI is InChI=1S/C15H23NO3/c1-12-9-16(10-13(2)19-12)7-8-18-15-6-4-3-5-14(15)11-17/h3-6,12-13,17H,7-11H2,1-2H3. The Hall–Kier alpha value is -1.10. The summed E-state index contributed by atoms with van der Waals surface area (Å²) in [6.07, 6.45) is 0.571. The smallest absolute Gasteiger partial charge is 0.124 e. The highest BCUT2D eigenvalue weighted by Gasteiger charge is 2.21. The van der Waals surface area contributed by atoms with E-state index in [-0.39, 0.29) is 18.8 Å². The van der Waals surface area contributed by atoms with Crippen molar-refractivity contribution in [3.63, 3.8) is 0 Å². The number of hydrogen-bond acceptors (Lipinski definition) is 4. The van der Waals surface area contributed by atoms with E-state index in [4.69, 9.17) is 9.47 Å². The van der Waals surface area contributed by atoms with Crippen LogP contribution in [-0.2, 0) is 11.3 Å². The van der Waals surface area contributed by atoms with Gasteiger partial charge in [0.2, 0.25) is 0 Å². The molecule has 0 aliphatic carbocycles. The van der Waals surface area contributed by atoms with Crippen molar-refractivity contribution in [3.05, 3.63) is 29.8 Å². The van der Waals surface area contributed by atoms with Gasteiger partial charge < -0.3 is 14.6 Å². The predicted octanol–water partition coefficient (Wildman–Crippen LogP) is 1.67. The van der Waals surface area contributed by atoms with Gasteiger partial charge in [-0.3, -0.25) is 4.90 Å². The van der Waals surface area contributed by atoms with E-state index >= 15 is 0 Å². The highest BCUT2D eigenvalue weighted by Crippen LogP contribution is 2.18. The Morgan fingerprint density at radius 2 is 1.95 bits per heavy atom. The van der Waals surface area contributed by atoms with Crippen LogP contribution in [0.25, 0.3) is 0 Å². The summed E-state index contributed by atoms with van der Waals surface area (Å²) in [6.45, 7) is 7.65. The molecule has 0 saturated carbocycles. The lowest BCUT2D eigenvalue weighted by molar-refractivity contribution is -0.0699. The molecule has 106 valence electrons. The number of morpholine rings is 1. The second kappa shape index (κ2) is 6.89. The molecule has 1 aliphatic heterocycles. The van der Waals surface area contributed by atoms with Crippen LogP contribution < -0.4 is 4.74 Å². The van der Waals surface area contributed by atoms with Crippen molar-refractivity contribution in [3.8, 4) is 5.75 Å². The lowest BCUT2D eigenvalue weighted by Gasteiger charge is -2.35. The van der Waals surface area contributed by atoms with Gasteiger partial charge >= 0.3 is 0 Å². The summed E-state index contributed by atoms with van der Waals surface area (Å²) in [7, 11) is 0. The third-order valence-corrected chi connectivity index (χ3v) is 3.30. The summed E-state index contributed by atoms with van der Waals surface area (Å²) >= 11 is 0. The van der Waals surface area contributed by atoms with Gasteiger partial charge in [-0.05, 0) is 19.9 Å². The number of rotatable bonds is 5. The average molecular weight is 265 g/mol. The Morgan fingerprint density at radius 1 is 1.26 bits per heavy atom. The lowest BCUT2D eigenvalue weighted by Crippen LogP contribution is -2.46. The molecule has 0 radical (unpaired) electrons. The molecule has 4 heteroatoms. The monoisotopic (exact) mass is 265 g/mol. The molecule has 1 N–H and O–H groups in total. The molecule has 19 heavy (non-hydrogen) atoms. The highest BCUT2D eigenvalue weighted by atomic mass is 16.5. The average Bonchev–Trinajstić information content (AvgIpc) is 2.38. The van der Waals surface area contributed by atoms with Gasteiger partial charge in [-0.2, -0.15) is 0 Å². The first-order chi connectivity index (χ1) is 9.19. The molecule has 1 heterocycles. The molecule has 0 spiro atoms. The molecule has 1 aromatic rings. The van der Waals surface area contributed by atoms with E-state index in [0.29, 0.717) is 6.61 Å². The van der Waals surface area contributed by atoms with E-state index in [2.05, 4.69) is 18.7 Å². The fraction of sp³-hybridized carbons (Fsp3) is 0.600. The van der Waals surface area contributed by atoms with Crippen molar-refractivity contribution in [1.82, 2.24) is 4.90 Å². The van der Waals surface area contributed by atoms with Crippen LogP contribution in [0.5, 0.6) is 5.75 Å². The summed E-state index contributed by atoms with van der Waals surface area (Å²) in [5.74, 6) is 0.777. The maximum absolute atomic E-state index is 9.23. The molecule has 1 aliphatic rings. The van der Waals surface area contributed by atoms with Crippen LogP contribution in [0.1, 0.15) is 19.4 Å². The van der Waals surface area contributed by atoms with Crippen molar-refractivity contribution >= 4 is 0 Å². The topological polar surface area (TPSA) is 41.9 Å². The SMILES string of the molecule is CC1CN(CCOc2ccccc2CO)CC(C)O1. The number of benzene rings is 1. The quantitative estimate of drug-likeness (QED) is 0.879. The molecule has 1 fully saturated rings. The van der Waals surface area contributed by atoms with Crippen molar-refractivity contribution in [2.75, 3.05) is 26.2 Å². The first kappa shape index (κ1) is 14.3. The van der Waals surface area contributed by atoms with Gasteiger partial charge in [0.05, 0.1) is 18.8 Å². The van der Waals surface area contributed by atoms with Gasteiger partial charge in [-0.25, -0.2) is 0 Å². The minimum absolute atomic E-state index is 0.0157. The van der Waals surface area contributed by atoms with Gasteiger partial charge in [0.1, 0.15) is 12.4 Å².